The molecular formula is C21H38IN5. The van der Waals surface area contributed by atoms with Crippen LogP contribution in [0.15, 0.2) is 29.3 Å². The van der Waals surface area contributed by atoms with Crippen LogP contribution >= 0.6 is 24.0 Å². The van der Waals surface area contributed by atoms with E-state index in [1.807, 2.05) is 7.05 Å². The van der Waals surface area contributed by atoms with Gasteiger partial charge in [0.05, 0.1) is 0 Å². The van der Waals surface area contributed by atoms with Crippen LogP contribution in [0.2, 0.25) is 0 Å². The van der Waals surface area contributed by atoms with Gasteiger partial charge in [-0.15, -0.1) is 24.0 Å². The van der Waals surface area contributed by atoms with Gasteiger partial charge in [0.2, 0.25) is 0 Å². The molecule has 2 N–H and O–H groups in total. The van der Waals surface area contributed by atoms with E-state index in [-0.39, 0.29) is 24.0 Å². The zero-order chi connectivity index (χ0) is 18.8. The third kappa shape index (κ3) is 9.76. The van der Waals surface area contributed by atoms with Crippen LogP contribution in [0.25, 0.3) is 0 Å². The largest absolute Gasteiger partial charge is 0.356 e. The number of nitrogens with zero attached hydrogens (tertiary/aromatic N) is 3. The van der Waals surface area contributed by atoms with E-state index < -0.39 is 0 Å². The molecule has 1 fully saturated rings. The fourth-order valence-electron chi connectivity index (χ4n) is 3.16. The molecular weight excluding hydrogens is 449 g/mol. The molecule has 1 aliphatic rings. The summed E-state index contributed by atoms with van der Waals surface area (Å²) in [5.74, 6) is 1.58. The Morgan fingerprint density at radius 3 is 2.41 bits per heavy atom. The van der Waals surface area contributed by atoms with Gasteiger partial charge in [0.15, 0.2) is 5.96 Å². The number of nitrogens with one attached hydrogen (secondary N) is 2. The smallest absolute Gasteiger partial charge is 0.191 e. The summed E-state index contributed by atoms with van der Waals surface area (Å²) in [5.41, 5.74) is 2.69. The predicted octanol–water partition coefficient (Wildman–Crippen LogP) is 3.15. The number of likely N-dealkylation sites (N-methyl/N-ethyl adjacent to an activating group) is 1. The van der Waals surface area contributed by atoms with Gasteiger partial charge in [-0.25, -0.2) is 0 Å². The van der Waals surface area contributed by atoms with Gasteiger partial charge in [0.25, 0.3) is 0 Å². The summed E-state index contributed by atoms with van der Waals surface area (Å²) in [5, 5.41) is 6.77. The maximum atomic E-state index is 4.29. The van der Waals surface area contributed by atoms with Crippen molar-refractivity contribution in [3.05, 3.63) is 35.4 Å². The van der Waals surface area contributed by atoms with Gasteiger partial charge in [-0.05, 0) is 50.0 Å². The first-order chi connectivity index (χ1) is 12.6. The first-order valence-corrected chi connectivity index (χ1v) is 10.00. The minimum atomic E-state index is 0. The lowest BCUT2D eigenvalue weighted by molar-refractivity contribution is 0.269. The second-order valence-corrected chi connectivity index (χ2v) is 7.78. The highest BCUT2D eigenvalue weighted by Crippen LogP contribution is 2.10. The Labute approximate surface area is 183 Å². The number of guanidine groups is 1. The van der Waals surface area contributed by atoms with Gasteiger partial charge < -0.3 is 15.5 Å². The molecule has 1 aliphatic heterocycles. The summed E-state index contributed by atoms with van der Waals surface area (Å²) in [7, 11) is 4.04. The highest BCUT2D eigenvalue weighted by Gasteiger charge is 2.12. The topological polar surface area (TPSA) is 42.9 Å². The maximum Gasteiger partial charge on any atom is 0.191 e. The molecule has 0 radical (unpaired) electrons. The SMILES string of the molecule is CN=C(NCCC(C)C)NCc1ccc(CN2CCCN(C)CC2)cc1.I. The van der Waals surface area contributed by atoms with Gasteiger partial charge in [-0.1, -0.05) is 38.1 Å². The lowest BCUT2D eigenvalue weighted by atomic mass is 10.1. The second kappa shape index (κ2) is 13.3. The van der Waals surface area contributed by atoms with Crippen molar-refractivity contribution in [3.8, 4) is 0 Å². The molecule has 6 heteroatoms. The van der Waals surface area contributed by atoms with Crippen LogP contribution in [0.3, 0.4) is 0 Å². The first kappa shape index (κ1) is 24.2. The fraction of sp³-hybridized carbons (Fsp3) is 0.667. The zero-order valence-electron chi connectivity index (χ0n) is 17.5. The molecule has 0 aromatic heterocycles. The van der Waals surface area contributed by atoms with Crippen molar-refractivity contribution in [2.45, 2.75) is 39.8 Å². The third-order valence-electron chi connectivity index (χ3n) is 4.94. The molecule has 0 saturated carbocycles. The van der Waals surface area contributed by atoms with Crippen molar-refractivity contribution in [1.29, 1.82) is 0 Å². The minimum Gasteiger partial charge on any atom is -0.356 e. The number of benzene rings is 1. The van der Waals surface area contributed by atoms with Gasteiger partial charge in [0, 0.05) is 39.8 Å². The Kier molecular flexibility index (Phi) is 11.9. The molecule has 27 heavy (non-hydrogen) atoms. The van der Waals surface area contributed by atoms with Crippen LogP contribution in [0.4, 0.5) is 0 Å². The maximum absolute atomic E-state index is 4.29. The molecule has 1 aromatic carbocycles. The van der Waals surface area contributed by atoms with Crippen molar-refractivity contribution < 1.29 is 0 Å². The Bertz CT molecular complexity index is 544. The van der Waals surface area contributed by atoms with Crippen molar-refractivity contribution in [3.63, 3.8) is 0 Å². The van der Waals surface area contributed by atoms with Gasteiger partial charge in [0.1, 0.15) is 0 Å². The molecule has 0 aliphatic carbocycles. The molecule has 0 amide bonds. The summed E-state index contributed by atoms with van der Waals surface area (Å²) < 4.78 is 0. The fourth-order valence-corrected chi connectivity index (χ4v) is 3.16. The Balaban J connectivity index is 0.00000364. The van der Waals surface area contributed by atoms with E-state index in [2.05, 4.69) is 70.6 Å². The number of rotatable bonds is 7. The van der Waals surface area contributed by atoms with Crippen molar-refractivity contribution in [2.75, 3.05) is 46.8 Å². The summed E-state index contributed by atoms with van der Waals surface area (Å²) in [6.07, 6.45) is 2.42. The van der Waals surface area contributed by atoms with Crippen LogP contribution in [0.5, 0.6) is 0 Å². The summed E-state index contributed by atoms with van der Waals surface area (Å²) >= 11 is 0. The Morgan fingerprint density at radius 1 is 1.04 bits per heavy atom. The molecule has 0 bridgehead atoms. The summed E-state index contributed by atoms with van der Waals surface area (Å²) in [6, 6.07) is 8.99. The molecule has 1 saturated heterocycles. The number of hydrogen-bond acceptors (Lipinski definition) is 3. The quantitative estimate of drug-likeness (QED) is 0.353. The summed E-state index contributed by atoms with van der Waals surface area (Å²) in [6.45, 7) is 12.0. The number of halogens is 1. The first-order valence-electron chi connectivity index (χ1n) is 10.00. The van der Waals surface area contributed by atoms with Crippen LogP contribution in [-0.2, 0) is 13.1 Å². The molecule has 0 spiro atoms. The van der Waals surface area contributed by atoms with E-state index in [1.54, 1.807) is 0 Å². The van der Waals surface area contributed by atoms with E-state index in [9.17, 15) is 0 Å². The molecule has 2 rings (SSSR count). The van der Waals surface area contributed by atoms with Gasteiger partial charge in [-0.3, -0.25) is 9.89 Å². The van der Waals surface area contributed by atoms with Crippen molar-refractivity contribution >= 4 is 29.9 Å². The summed E-state index contributed by atoms with van der Waals surface area (Å²) in [4.78, 5) is 9.29. The standard InChI is InChI=1S/C21H37N5.HI/c1-18(2)10-11-23-21(22-3)24-16-19-6-8-20(9-7-19)17-26-13-5-12-25(4)14-15-26;/h6-9,18H,5,10-17H2,1-4H3,(H2,22,23,24);1H. The molecule has 1 heterocycles. The lowest BCUT2D eigenvalue weighted by Gasteiger charge is -2.20. The zero-order valence-corrected chi connectivity index (χ0v) is 19.8. The highest BCUT2D eigenvalue weighted by atomic mass is 127. The van der Waals surface area contributed by atoms with Crippen molar-refractivity contribution in [1.82, 2.24) is 20.4 Å². The van der Waals surface area contributed by atoms with E-state index in [4.69, 9.17) is 0 Å². The number of hydrogen-bond donors (Lipinski definition) is 2. The normalized spacial score (nSPS) is 16.7. The van der Waals surface area contributed by atoms with Gasteiger partial charge in [-0.2, -0.15) is 0 Å². The van der Waals surface area contributed by atoms with Crippen LogP contribution < -0.4 is 10.6 Å². The molecule has 1 aromatic rings. The molecule has 154 valence electrons. The van der Waals surface area contributed by atoms with Crippen LogP contribution in [0.1, 0.15) is 37.8 Å². The Morgan fingerprint density at radius 2 is 1.74 bits per heavy atom. The molecule has 0 atom stereocenters. The molecule has 0 unspecified atom stereocenters. The lowest BCUT2D eigenvalue weighted by Crippen LogP contribution is -2.37. The van der Waals surface area contributed by atoms with E-state index in [0.29, 0.717) is 5.92 Å². The average molecular weight is 487 g/mol. The average Bonchev–Trinajstić information content (AvgIpc) is 2.83. The van der Waals surface area contributed by atoms with E-state index in [1.165, 1.54) is 37.2 Å². The Hall–Kier alpha value is -0.860. The monoisotopic (exact) mass is 487 g/mol. The second-order valence-electron chi connectivity index (χ2n) is 7.78. The predicted molar refractivity (Wildman–Crippen MR) is 127 cm³/mol. The van der Waals surface area contributed by atoms with E-state index in [0.717, 1.165) is 38.6 Å². The van der Waals surface area contributed by atoms with Crippen molar-refractivity contribution in [2.24, 2.45) is 10.9 Å². The van der Waals surface area contributed by atoms with Crippen LogP contribution in [0, 0.1) is 5.92 Å². The van der Waals surface area contributed by atoms with Gasteiger partial charge >= 0.3 is 0 Å². The third-order valence-corrected chi connectivity index (χ3v) is 4.94. The highest BCUT2D eigenvalue weighted by molar-refractivity contribution is 14.0. The molecule has 5 nitrogen and oxygen atoms in total. The van der Waals surface area contributed by atoms with Crippen LogP contribution in [-0.4, -0.2) is 62.6 Å². The minimum absolute atomic E-state index is 0. The number of aliphatic imine (C=N–C) groups is 1. The van der Waals surface area contributed by atoms with E-state index >= 15 is 0 Å².